The van der Waals surface area contributed by atoms with Gasteiger partial charge in [0, 0.05) is 21.0 Å². The fraction of sp³-hybridized carbons (Fsp3) is 0.300. The predicted octanol–water partition coefficient (Wildman–Crippen LogP) is 4.54. The van der Waals surface area contributed by atoms with Gasteiger partial charge in [-0.05, 0) is 62.4 Å². The van der Waals surface area contributed by atoms with Crippen LogP contribution in [-0.4, -0.2) is 18.4 Å². The third-order valence-corrected chi connectivity index (χ3v) is 6.04. The Labute approximate surface area is 170 Å². The van der Waals surface area contributed by atoms with E-state index in [2.05, 4.69) is 21.2 Å². The minimum atomic E-state index is -0.487. The number of hydrogen-bond acceptors (Lipinski definition) is 4. The zero-order valence-corrected chi connectivity index (χ0v) is 17.4. The van der Waals surface area contributed by atoms with Crippen molar-refractivity contribution in [1.82, 2.24) is 0 Å². The second-order valence-corrected chi connectivity index (χ2v) is 8.24. The van der Waals surface area contributed by atoms with E-state index in [0.29, 0.717) is 22.9 Å². The molecule has 3 N–H and O–H groups in total. The molecule has 142 valence electrons. The van der Waals surface area contributed by atoms with Crippen LogP contribution in [0.4, 0.5) is 5.00 Å². The van der Waals surface area contributed by atoms with Crippen molar-refractivity contribution in [2.75, 3.05) is 11.9 Å². The first kappa shape index (κ1) is 19.6. The van der Waals surface area contributed by atoms with Crippen LogP contribution in [0.15, 0.2) is 28.7 Å². The van der Waals surface area contributed by atoms with E-state index in [4.69, 9.17) is 10.5 Å². The number of anilines is 1. The number of amides is 2. The number of nitrogens with one attached hydrogen (secondary N) is 1. The van der Waals surface area contributed by atoms with Gasteiger partial charge in [0.25, 0.3) is 5.91 Å². The number of halogens is 1. The average Bonchev–Trinajstić information content (AvgIpc) is 3.00. The zero-order valence-electron chi connectivity index (χ0n) is 15.0. The number of fused-ring (bicyclic) bond motifs is 1. The van der Waals surface area contributed by atoms with Crippen LogP contribution in [0.2, 0.25) is 0 Å². The number of aryl methyl sites for hydroxylation is 1. The molecule has 1 aliphatic rings. The zero-order chi connectivity index (χ0) is 19.4. The number of rotatable bonds is 6. The topological polar surface area (TPSA) is 81.4 Å². The highest BCUT2D eigenvalue weighted by molar-refractivity contribution is 9.10. The summed E-state index contributed by atoms with van der Waals surface area (Å²) >= 11 is 4.88. The number of nitrogens with two attached hydrogens (primary N) is 1. The maximum absolute atomic E-state index is 12.4. The number of benzene rings is 1. The third-order valence-electron chi connectivity index (χ3n) is 4.34. The summed E-state index contributed by atoms with van der Waals surface area (Å²) in [5.74, 6) is -0.0908. The molecule has 2 aromatic rings. The van der Waals surface area contributed by atoms with Gasteiger partial charge >= 0.3 is 0 Å². The van der Waals surface area contributed by atoms with Gasteiger partial charge < -0.3 is 15.8 Å². The summed E-state index contributed by atoms with van der Waals surface area (Å²) in [7, 11) is 0. The molecule has 1 aromatic carbocycles. The largest absolute Gasteiger partial charge is 0.493 e. The highest BCUT2D eigenvalue weighted by atomic mass is 79.9. The molecule has 0 fully saturated rings. The molecule has 27 heavy (non-hydrogen) atoms. The first-order valence-electron chi connectivity index (χ1n) is 8.85. The molecule has 1 aliphatic carbocycles. The Morgan fingerprint density at radius 3 is 2.85 bits per heavy atom. The summed E-state index contributed by atoms with van der Waals surface area (Å²) in [6, 6.07) is 5.62. The molecule has 5 nitrogen and oxygen atoms in total. The van der Waals surface area contributed by atoms with Crippen LogP contribution in [-0.2, 0) is 17.6 Å². The molecule has 7 heteroatoms. The first-order chi connectivity index (χ1) is 13.0. The molecule has 3 rings (SSSR count). The van der Waals surface area contributed by atoms with Crippen molar-refractivity contribution < 1.29 is 14.3 Å². The number of ether oxygens (including phenoxy) is 1. The molecule has 2 amide bonds. The van der Waals surface area contributed by atoms with Gasteiger partial charge in [-0.25, -0.2) is 0 Å². The van der Waals surface area contributed by atoms with Crippen molar-refractivity contribution in [2.24, 2.45) is 5.73 Å². The van der Waals surface area contributed by atoms with Crippen LogP contribution >= 0.6 is 27.3 Å². The monoisotopic (exact) mass is 448 g/mol. The Kier molecular flexibility index (Phi) is 6.34. The Morgan fingerprint density at radius 2 is 2.11 bits per heavy atom. The summed E-state index contributed by atoms with van der Waals surface area (Å²) in [5, 5.41) is 3.37. The number of carbonyl (C=O) groups excluding carboxylic acids is 2. The molecule has 1 heterocycles. The fourth-order valence-corrected chi connectivity index (χ4v) is 4.85. The van der Waals surface area contributed by atoms with Gasteiger partial charge in [0.05, 0.1) is 12.2 Å². The number of primary amides is 1. The van der Waals surface area contributed by atoms with Crippen LogP contribution in [0.25, 0.3) is 6.08 Å². The van der Waals surface area contributed by atoms with Crippen LogP contribution in [0.5, 0.6) is 5.75 Å². The van der Waals surface area contributed by atoms with Crippen LogP contribution in [0, 0.1) is 0 Å². The maximum Gasteiger partial charge on any atom is 0.251 e. The van der Waals surface area contributed by atoms with Crippen molar-refractivity contribution in [2.45, 2.75) is 32.6 Å². The van der Waals surface area contributed by atoms with Crippen LogP contribution in [0.1, 0.15) is 46.1 Å². The summed E-state index contributed by atoms with van der Waals surface area (Å²) < 4.78 is 6.48. The maximum atomic E-state index is 12.4. The number of thiophene rings is 1. The van der Waals surface area contributed by atoms with Crippen molar-refractivity contribution in [1.29, 1.82) is 0 Å². The summed E-state index contributed by atoms with van der Waals surface area (Å²) in [4.78, 5) is 25.5. The lowest BCUT2D eigenvalue weighted by Crippen LogP contribution is -2.17. The normalized spacial score (nSPS) is 13.4. The minimum absolute atomic E-state index is 0.307. The summed E-state index contributed by atoms with van der Waals surface area (Å²) in [5.41, 5.74) is 7.83. The van der Waals surface area contributed by atoms with Crippen LogP contribution in [0.3, 0.4) is 0 Å². The van der Waals surface area contributed by atoms with Crippen molar-refractivity contribution in [3.63, 3.8) is 0 Å². The smallest absolute Gasteiger partial charge is 0.251 e. The number of hydrogen-bond donors (Lipinski definition) is 2. The quantitative estimate of drug-likeness (QED) is 0.636. The van der Waals surface area contributed by atoms with Crippen LogP contribution < -0.4 is 15.8 Å². The van der Waals surface area contributed by atoms with Gasteiger partial charge in [0.15, 0.2) is 0 Å². The number of carbonyl (C=O) groups is 2. The molecule has 0 unspecified atom stereocenters. The minimum Gasteiger partial charge on any atom is -0.493 e. The van der Waals surface area contributed by atoms with E-state index in [-0.39, 0.29) is 5.91 Å². The second kappa shape index (κ2) is 8.71. The van der Waals surface area contributed by atoms with Crippen molar-refractivity contribution in [3.8, 4) is 5.75 Å². The molecule has 0 aliphatic heterocycles. The predicted molar refractivity (Wildman–Crippen MR) is 112 cm³/mol. The van der Waals surface area contributed by atoms with Crippen molar-refractivity contribution in [3.05, 3.63) is 50.3 Å². The van der Waals surface area contributed by atoms with Gasteiger partial charge in [0.2, 0.25) is 5.91 Å². The second-order valence-electron chi connectivity index (χ2n) is 6.22. The molecule has 0 saturated carbocycles. The summed E-state index contributed by atoms with van der Waals surface area (Å²) in [6.45, 7) is 2.45. The molecule has 0 radical (unpaired) electrons. The SMILES string of the molecule is CCOc1ccc(Br)cc1/C=C/C(=O)Nc1sc2c(c1C(N)=O)CCCC2. The van der Waals surface area contributed by atoms with Gasteiger partial charge in [0.1, 0.15) is 10.8 Å². The standard InChI is InChI=1S/C20H21BrN2O3S/c1-2-26-15-9-8-13(21)11-12(15)7-10-17(24)23-20-18(19(22)25)14-5-3-4-6-16(14)27-20/h7-11H,2-6H2,1H3,(H2,22,25)(H,23,24)/b10-7+. The van der Waals surface area contributed by atoms with E-state index in [9.17, 15) is 9.59 Å². The van der Waals surface area contributed by atoms with Gasteiger partial charge in [-0.2, -0.15) is 0 Å². The van der Waals surface area contributed by atoms with E-state index >= 15 is 0 Å². The fourth-order valence-electron chi connectivity index (χ4n) is 3.17. The molecule has 1 aromatic heterocycles. The van der Waals surface area contributed by atoms with E-state index in [1.807, 2.05) is 25.1 Å². The Balaban J connectivity index is 1.81. The van der Waals surface area contributed by atoms with E-state index in [1.54, 1.807) is 6.08 Å². The van der Waals surface area contributed by atoms with E-state index < -0.39 is 5.91 Å². The molecule has 0 atom stereocenters. The first-order valence-corrected chi connectivity index (χ1v) is 10.5. The van der Waals surface area contributed by atoms with Crippen molar-refractivity contribution >= 4 is 50.2 Å². The molecule has 0 spiro atoms. The molecular weight excluding hydrogens is 428 g/mol. The molecule has 0 saturated heterocycles. The lowest BCUT2D eigenvalue weighted by molar-refractivity contribution is -0.111. The summed E-state index contributed by atoms with van der Waals surface area (Å²) in [6.07, 6.45) is 7.05. The van der Waals surface area contributed by atoms with Gasteiger partial charge in [-0.1, -0.05) is 15.9 Å². The lowest BCUT2D eigenvalue weighted by atomic mass is 9.95. The van der Waals surface area contributed by atoms with Gasteiger partial charge in [-0.15, -0.1) is 11.3 Å². The highest BCUT2D eigenvalue weighted by Gasteiger charge is 2.24. The van der Waals surface area contributed by atoms with E-state index in [0.717, 1.165) is 46.2 Å². The average molecular weight is 449 g/mol. The molecule has 0 bridgehead atoms. The lowest BCUT2D eigenvalue weighted by Gasteiger charge is -2.11. The highest BCUT2D eigenvalue weighted by Crippen LogP contribution is 2.38. The Hall–Kier alpha value is -2.12. The Morgan fingerprint density at radius 1 is 1.33 bits per heavy atom. The third kappa shape index (κ3) is 4.59. The van der Waals surface area contributed by atoms with E-state index in [1.165, 1.54) is 17.4 Å². The Bertz CT molecular complexity index is 905. The molecular formula is C20H21BrN2O3S. The van der Waals surface area contributed by atoms with Gasteiger partial charge in [-0.3, -0.25) is 9.59 Å².